The number of nitrogens with zero attached hydrogens (tertiary/aromatic N) is 2. The van der Waals surface area contributed by atoms with Gasteiger partial charge < -0.3 is 18.1 Å². The lowest BCUT2D eigenvalue weighted by Gasteiger charge is -2.17. The number of hydrogen-bond donors (Lipinski definition) is 0. The van der Waals surface area contributed by atoms with Crippen LogP contribution in [-0.4, -0.2) is 36.4 Å². The molecule has 0 N–H and O–H groups in total. The second kappa shape index (κ2) is 14.0. The topological polar surface area (TPSA) is 96.8 Å². The Balaban J connectivity index is 1.67. The van der Waals surface area contributed by atoms with Gasteiger partial charge in [0.2, 0.25) is 0 Å². The van der Waals surface area contributed by atoms with Gasteiger partial charge in [0.1, 0.15) is 0 Å². The molecule has 8 nitrogen and oxygen atoms in total. The van der Waals surface area contributed by atoms with Gasteiger partial charge in [0.25, 0.3) is 0 Å². The molecule has 0 fully saturated rings. The highest BCUT2D eigenvalue weighted by Crippen LogP contribution is 2.48. The van der Waals surface area contributed by atoms with E-state index >= 15 is 0 Å². The largest absolute Gasteiger partial charge is 0.361 e. The maximum absolute atomic E-state index is 13.2. The predicted molar refractivity (Wildman–Crippen MR) is 169 cm³/mol. The number of hydrogen-bond acceptors (Lipinski definition) is 8. The molecule has 0 unspecified atom stereocenters. The Hall–Kier alpha value is -2.96. The Morgan fingerprint density at radius 1 is 0.500 bits per heavy atom. The van der Waals surface area contributed by atoms with Crippen LogP contribution in [0.2, 0.25) is 0 Å². The van der Waals surface area contributed by atoms with Gasteiger partial charge in [0.15, 0.2) is 0 Å². The van der Waals surface area contributed by atoms with Gasteiger partial charge >= 0.3 is 15.2 Å². The zero-order chi connectivity index (χ0) is 30.3. The summed E-state index contributed by atoms with van der Waals surface area (Å²) < 4.78 is 48.3. The smallest absolute Gasteiger partial charge is 0.305 e. The molecule has 0 atom stereocenters. The summed E-state index contributed by atoms with van der Waals surface area (Å²) in [6.07, 6.45) is 0. The molecule has 0 amide bonds. The van der Waals surface area contributed by atoms with Gasteiger partial charge in [-0.1, -0.05) is 24.3 Å². The fourth-order valence-electron chi connectivity index (χ4n) is 4.66. The first kappa shape index (κ1) is 32.0. The van der Waals surface area contributed by atoms with Crippen LogP contribution in [0.5, 0.6) is 0 Å². The Labute approximate surface area is 248 Å². The summed E-state index contributed by atoms with van der Waals surface area (Å²) in [6, 6.07) is 22.8. The van der Waals surface area contributed by atoms with E-state index in [0.29, 0.717) is 37.0 Å². The molecule has 10 heteroatoms. The van der Waals surface area contributed by atoms with Gasteiger partial charge in [-0.15, -0.1) is 0 Å². The molecule has 4 rings (SSSR count). The Morgan fingerprint density at radius 3 is 1.10 bits per heavy atom. The summed E-state index contributed by atoms with van der Waals surface area (Å²) in [5.41, 5.74) is 6.98. The van der Waals surface area contributed by atoms with E-state index in [-0.39, 0.29) is 0 Å². The van der Waals surface area contributed by atoms with Crippen molar-refractivity contribution in [2.75, 3.05) is 26.4 Å². The normalized spacial score (nSPS) is 12.0. The molecular weight excluding hydrogens is 570 g/mol. The molecule has 222 valence electrons. The van der Waals surface area contributed by atoms with E-state index in [4.69, 9.17) is 28.1 Å². The average Bonchev–Trinajstić information content (AvgIpc) is 2.97. The van der Waals surface area contributed by atoms with Crippen molar-refractivity contribution in [2.24, 2.45) is 0 Å². The van der Waals surface area contributed by atoms with E-state index < -0.39 is 15.2 Å². The standard InChI is InChI=1S/C32H38N2O6P2/c1-7-37-41(35,38-8-2)29-15-11-25(12-16-29)27-19-23(5)33-31(21-27)32-22-28(20-24(6)34-32)26-13-17-30(18-14-26)42(36,39-9-3)40-10-4/h11-22H,7-10H2,1-6H3. The second-order valence-electron chi connectivity index (χ2n) is 9.52. The van der Waals surface area contributed by atoms with Gasteiger partial charge in [-0.2, -0.15) is 0 Å². The summed E-state index contributed by atoms with van der Waals surface area (Å²) in [7, 11) is -6.72. The van der Waals surface area contributed by atoms with Crippen LogP contribution in [0.4, 0.5) is 0 Å². The summed E-state index contributed by atoms with van der Waals surface area (Å²) in [6.45, 7) is 12.3. The van der Waals surface area contributed by atoms with E-state index in [1.54, 1.807) is 52.0 Å². The lowest BCUT2D eigenvalue weighted by Crippen LogP contribution is -2.10. The van der Waals surface area contributed by atoms with Gasteiger partial charge in [0, 0.05) is 11.4 Å². The Morgan fingerprint density at radius 2 is 0.810 bits per heavy atom. The fourth-order valence-corrected chi connectivity index (χ4v) is 7.79. The molecule has 0 spiro atoms. The Bertz CT molecular complexity index is 1470. The first-order chi connectivity index (χ1) is 20.1. The van der Waals surface area contributed by atoms with Crippen LogP contribution in [0.15, 0.2) is 72.8 Å². The second-order valence-corrected chi connectivity index (χ2v) is 13.6. The van der Waals surface area contributed by atoms with Crippen molar-refractivity contribution in [1.29, 1.82) is 0 Å². The summed E-state index contributed by atoms with van der Waals surface area (Å²) in [5, 5.41) is 1.05. The SMILES string of the molecule is CCOP(=O)(OCC)c1ccc(-c2cc(C)nc(-c3cc(-c4ccc(P(=O)(OCC)OCC)cc4)cc(C)n3)c2)cc1. The molecule has 42 heavy (non-hydrogen) atoms. The van der Waals surface area contributed by atoms with Crippen molar-refractivity contribution in [3.05, 3.63) is 84.2 Å². The van der Waals surface area contributed by atoms with Gasteiger partial charge in [-0.3, -0.25) is 19.1 Å². The van der Waals surface area contributed by atoms with Crippen molar-refractivity contribution < 1.29 is 27.2 Å². The molecule has 4 aromatic rings. The summed E-state index contributed by atoms with van der Waals surface area (Å²) in [5.74, 6) is 0. The minimum absolute atomic E-state index is 0.295. The molecule has 2 heterocycles. The van der Waals surface area contributed by atoms with Gasteiger partial charge in [-0.05, 0) is 112 Å². The van der Waals surface area contributed by atoms with E-state index in [1.807, 2.05) is 62.4 Å². The van der Waals surface area contributed by atoms with E-state index in [1.165, 1.54) is 0 Å². The number of pyridine rings is 2. The third-order valence-corrected chi connectivity index (χ3v) is 10.7. The number of rotatable bonds is 13. The zero-order valence-electron chi connectivity index (χ0n) is 25.0. The predicted octanol–water partition coefficient (Wildman–Crippen LogP) is 7.88. The van der Waals surface area contributed by atoms with Crippen LogP contribution in [0, 0.1) is 13.8 Å². The van der Waals surface area contributed by atoms with Crippen molar-refractivity contribution in [3.8, 4) is 33.6 Å². The first-order valence-corrected chi connectivity index (χ1v) is 17.2. The number of aromatic nitrogens is 2. The zero-order valence-corrected chi connectivity index (χ0v) is 26.8. The molecule has 2 aromatic carbocycles. The number of benzene rings is 2. The molecular formula is C32H38N2O6P2. The van der Waals surface area contributed by atoms with Crippen molar-refractivity contribution >= 4 is 25.8 Å². The van der Waals surface area contributed by atoms with E-state index in [0.717, 1.165) is 45.0 Å². The first-order valence-electron chi connectivity index (χ1n) is 14.1. The van der Waals surface area contributed by atoms with Crippen molar-refractivity contribution in [1.82, 2.24) is 9.97 Å². The highest BCUT2D eigenvalue weighted by Gasteiger charge is 2.27. The Kier molecular flexibility index (Phi) is 10.7. The van der Waals surface area contributed by atoms with Crippen LogP contribution in [0.3, 0.4) is 0 Å². The van der Waals surface area contributed by atoms with Crippen LogP contribution >= 0.6 is 15.2 Å². The summed E-state index contributed by atoms with van der Waals surface area (Å²) >= 11 is 0. The molecule has 0 aliphatic rings. The maximum Gasteiger partial charge on any atom is 0.361 e. The fraction of sp³-hybridized carbons (Fsp3) is 0.312. The molecule has 0 saturated heterocycles. The van der Waals surface area contributed by atoms with Gasteiger partial charge in [0.05, 0.1) is 48.4 Å². The number of aryl methyl sites for hydroxylation is 2. The van der Waals surface area contributed by atoms with Crippen molar-refractivity contribution in [3.63, 3.8) is 0 Å². The quantitative estimate of drug-likeness (QED) is 0.142. The third-order valence-electron chi connectivity index (χ3n) is 6.40. The monoisotopic (exact) mass is 608 g/mol. The van der Waals surface area contributed by atoms with Crippen LogP contribution < -0.4 is 10.6 Å². The van der Waals surface area contributed by atoms with Crippen LogP contribution in [0.25, 0.3) is 33.6 Å². The molecule has 0 radical (unpaired) electrons. The minimum Gasteiger partial charge on any atom is -0.305 e. The molecule has 0 bridgehead atoms. The summed E-state index contributed by atoms with van der Waals surface area (Å²) in [4.78, 5) is 9.56. The lowest BCUT2D eigenvalue weighted by atomic mass is 10.0. The van der Waals surface area contributed by atoms with Crippen molar-refractivity contribution in [2.45, 2.75) is 41.5 Å². The molecule has 2 aromatic heterocycles. The van der Waals surface area contributed by atoms with Gasteiger partial charge in [-0.25, -0.2) is 0 Å². The molecule has 0 saturated carbocycles. The van der Waals surface area contributed by atoms with Crippen LogP contribution in [0.1, 0.15) is 39.1 Å². The van der Waals surface area contributed by atoms with E-state index in [9.17, 15) is 9.13 Å². The molecule has 0 aliphatic heterocycles. The highest BCUT2D eigenvalue weighted by molar-refractivity contribution is 7.62. The van der Waals surface area contributed by atoms with Crippen LogP contribution in [-0.2, 0) is 27.2 Å². The molecule has 0 aliphatic carbocycles. The minimum atomic E-state index is -3.36. The highest BCUT2D eigenvalue weighted by atomic mass is 31.2. The lowest BCUT2D eigenvalue weighted by molar-refractivity contribution is 0.229. The average molecular weight is 609 g/mol. The van der Waals surface area contributed by atoms with E-state index in [2.05, 4.69) is 0 Å². The third kappa shape index (κ3) is 7.33. The maximum atomic E-state index is 13.2.